The largest absolute Gasteiger partial charge is 0.385 e. The zero-order chi connectivity index (χ0) is 12.8. The van der Waals surface area contributed by atoms with Crippen molar-refractivity contribution in [2.24, 2.45) is 0 Å². The lowest BCUT2D eigenvalue weighted by Gasteiger charge is -2.06. The highest BCUT2D eigenvalue weighted by Gasteiger charge is 2.05. The molecule has 0 aliphatic carbocycles. The maximum absolute atomic E-state index is 11.9. The van der Waals surface area contributed by atoms with Crippen molar-refractivity contribution in [1.82, 2.24) is 4.98 Å². The molecule has 0 spiro atoms. The van der Waals surface area contributed by atoms with Gasteiger partial charge < -0.3 is 10.6 Å². The molecule has 18 heavy (non-hydrogen) atoms. The van der Waals surface area contributed by atoms with Gasteiger partial charge in [0.1, 0.15) is 0 Å². The lowest BCUT2D eigenvalue weighted by molar-refractivity contribution is 0.102. The number of hydrogen-bond acceptors (Lipinski definition) is 3. The molecule has 0 saturated carbocycles. The van der Waals surface area contributed by atoms with E-state index in [1.54, 1.807) is 36.7 Å². The molecule has 0 fully saturated rings. The molecular weight excluding hydrogens is 226 g/mol. The van der Waals surface area contributed by atoms with Gasteiger partial charge in [-0.05, 0) is 43.3 Å². The van der Waals surface area contributed by atoms with Crippen LogP contribution in [0.4, 0.5) is 11.4 Å². The van der Waals surface area contributed by atoms with Crippen molar-refractivity contribution < 1.29 is 4.79 Å². The summed E-state index contributed by atoms with van der Waals surface area (Å²) in [6, 6.07) is 10.9. The average Bonchev–Trinajstić information content (AvgIpc) is 2.41. The fourth-order valence-electron chi connectivity index (χ4n) is 1.58. The Kier molecular flexibility index (Phi) is 3.91. The molecule has 0 bridgehead atoms. The highest BCUT2D eigenvalue weighted by atomic mass is 16.1. The minimum Gasteiger partial charge on any atom is -0.385 e. The van der Waals surface area contributed by atoms with E-state index in [0.717, 1.165) is 17.9 Å². The Labute approximate surface area is 106 Å². The van der Waals surface area contributed by atoms with Crippen LogP contribution in [0.2, 0.25) is 0 Å². The number of hydrogen-bond donors (Lipinski definition) is 2. The lowest BCUT2D eigenvalue weighted by atomic mass is 10.2. The van der Waals surface area contributed by atoms with E-state index in [9.17, 15) is 4.79 Å². The van der Waals surface area contributed by atoms with E-state index in [0.29, 0.717) is 5.56 Å². The molecule has 0 atom stereocenters. The minimum absolute atomic E-state index is 0.121. The highest BCUT2D eigenvalue weighted by Crippen LogP contribution is 2.11. The van der Waals surface area contributed by atoms with Gasteiger partial charge in [-0.15, -0.1) is 0 Å². The first-order valence-corrected chi connectivity index (χ1v) is 5.85. The summed E-state index contributed by atoms with van der Waals surface area (Å²) < 4.78 is 0. The fourth-order valence-corrected chi connectivity index (χ4v) is 1.58. The maximum atomic E-state index is 11.9. The lowest BCUT2D eigenvalue weighted by Crippen LogP contribution is -2.11. The number of carbonyl (C=O) groups excluding carboxylic acids is 1. The number of rotatable bonds is 4. The van der Waals surface area contributed by atoms with Crippen LogP contribution in [-0.4, -0.2) is 17.4 Å². The molecule has 2 rings (SSSR count). The smallest absolute Gasteiger partial charge is 0.255 e. The van der Waals surface area contributed by atoms with Crippen molar-refractivity contribution >= 4 is 17.3 Å². The number of nitrogens with zero attached hydrogens (tertiary/aromatic N) is 1. The van der Waals surface area contributed by atoms with Crippen LogP contribution in [0, 0.1) is 0 Å². The second-order valence-electron chi connectivity index (χ2n) is 3.80. The molecule has 1 heterocycles. The van der Waals surface area contributed by atoms with E-state index in [1.165, 1.54) is 0 Å². The van der Waals surface area contributed by atoms with Crippen LogP contribution < -0.4 is 10.6 Å². The molecule has 1 amide bonds. The molecule has 0 aliphatic heterocycles. The van der Waals surface area contributed by atoms with Crippen molar-refractivity contribution in [2.75, 3.05) is 17.2 Å². The normalized spacial score (nSPS) is 9.83. The van der Waals surface area contributed by atoms with Gasteiger partial charge in [0.25, 0.3) is 5.91 Å². The Morgan fingerprint density at radius 2 is 1.72 bits per heavy atom. The third-order valence-corrected chi connectivity index (χ3v) is 2.47. The number of pyridine rings is 1. The molecule has 0 saturated heterocycles. The Balaban J connectivity index is 2.05. The Bertz CT molecular complexity index is 508. The second kappa shape index (κ2) is 5.82. The Hall–Kier alpha value is -2.36. The van der Waals surface area contributed by atoms with Gasteiger partial charge in [-0.1, -0.05) is 0 Å². The number of benzene rings is 1. The van der Waals surface area contributed by atoms with Crippen LogP contribution in [0.15, 0.2) is 48.8 Å². The van der Waals surface area contributed by atoms with Gasteiger partial charge in [0.05, 0.1) is 0 Å². The van der Waals surface area contributed by atoms with E-state index < -0.39 is 0 Å². The summed E-state index contributed by atoms with van der Waals surface area (Å²) in [6.07, 6.45) is 3.29. The number of nitrogens with one attached hydrogen (secondary N) is 2. The number of amides is 1. The number of anilines is 2. The third kappa shape index (κ3) is 3.07. The summed E-state index contributed by atoms with van der Waals surface area (Å²) in [7, 11) is 0. The van der Waals surface area contributed by atoms with Crippen LogP contribution in [0.1, 0.15) is 17.3 Å². The summed E-state index contributed by atoms with van der Waals surface area (Å²) in [5.74, 6) is -0.121. The summed E-state index contributed by atoms with van der Waals surface area (Å²) in [4.78, 5) is 15.8. The summed E-state index contributed by atoms with van der Waals surface area (Å²) in [5, 5.41) is 5.99. The van der Waals surface area contributed by atoms with E-state index in [-0.39, 0.29) is 5.91 Å². The molecule has 0 aliphatic rings. The molecule has 2 N–H and O–H groups in total. The SMILES string of the molecule is CCNc1ccc(C(=O)Nc2ccncc2)cc1. The molecule has 0 unspecified atom stereocenters. The monoisotopic (exact) mass is 241 g/mol. The minimum atomic E-state index is -0.121. The van der Waals surface area contributed by atoms with Crippen molar-refractivity contribution in [3.8, 4) is 0 Å². The number of carbonyl (C=O) groups is 1. The molecule has 0 radical (unpaired) electrons. The zero-order valence-electron chi connectivity index (χ0n) is 10.2. The van der Waals surface area contributed by atoms with E-state index in [4.69, 9.17) is 0 Å². The van der Waals surface area contributed by atoms with Gasteiger partial charge in [-0.2, -0.15) is 0 Å². The molecule has 1 aromatic carbocycles. The van der Waals surface area contributed by atoms with Gasteiger partial charge in [0.15, 0.2) is 0 Å². The van der Waals surface area contributed by atoms with Crippen LogP contribution >= 0.6 is 0 Å². The summed E-state index contributed by atoms with van der Waals surface area (Å²) >= 11 is 0. The fraction of sp³-hybridized carbons (Fsp3) is 0.143. The molecular formula is C14H15N3O. The van der Waals surface area contributed by atoms with Crippen LogP contribution in [0.25, 0.3) is 0 Å². The third-order valence-electron chi connectivity index (χ3n) is 2.47. The number of aromatic nitrogens is 1. The Morgan fingerprint density at radius 1 is 1.06 bits per heavy atom. The first-order chi connectivity index (χ1) is 8.79. The molecule has 2 aromatic rings. The topological polar surface area (TPSA) is 54.0 Å². The van der Waals surface area contributed by atoms with Crippen molar-refractivity contribution in [1.29, 1.82) is 0 Å². The van der Waals surface area contributed by atoms with Crippen LogP contribution in [0.5, 0.6) is 0 Å². The van der Waals surface area contributed by atoms with Crippen LogP contribution in [0.3, 0.4) is 0 Å². The molecule has 92 valence electrons. The quantitative estimate of drug-likeness (QED) is 0.865. The molecule has 1 aromatic heterocycles. The van der Waals surface area contributed by atoms with Crippen molar-refractivity contribution in [3.05, 3.63) is 54.4 Å². The highest BCUT2D eigenvalue weighted by molar-refractivity contribution is 6.04. The van der Waals surface area contributed by atoms with Crippen LogP contribution in [-0.2, 0) is 0 Å². The van der Waals surface area contributed by atoms with Gasteiger partial charge >= 0.3 is 0 Å². The maximum Gasteiger partial charge on any atom is 0.255 e. The second-order valence-corrected chi connectivity index (χ2v) is 3.80. The van der Waals surface area contributed by atoms with Gasteiger partial charge in [-0.3, -0.25) is 9.78 Å². The molecule has 4 heteroatoms. The zero-order valence-corrected chi connectivity index (χ0v) is 10.2. The first kappa shape index (κ1) is 12.1. The average molecular weight is 241 g/mol. The van der Waals surface area contributed by atoms with Crippen molar-refractivity contribution in [3.63, 3.8) is 0 Å². The van der Waals surface area contributed by atoms with Gasteiger partial charge in [-0.25, -0.2) is 0 Å². The van der Waals surface area contributed by atoms with E-state index in [2.05, 4.69) is 15.6 Å². The predicted molar refractivity (Wildman–Crippen MR) is 72.8 cm³/mol. The van der Waals surface area contributed by atoms with Gasteiger partial charge in [0, 0.05) is 35.9 Å². The standard InChI is InChI=1S/C14H15N3O/c1-2-16-12-5-3-11(4-6-12)14(18)17-13-7-9-15-10-8-13/h3-10,16H,2H2,1H3,(H,15,17,18). The Morgan fingerprint density at radius 3 is 2.33 bits per heavy atom. The van der Waals surface area contributed by atoms with E-state index >= 15 is 0 Å². The predicted octanol–water partition coefficient (Wildman–Crippen LogP) is 2.77. The van der Waals surface area contributed by atoms with Gasteiger partial charge in [0.2, 0.25) is 0 Å². The first-order valence-electron chi connectivity index (χ1n) is 5.85. The molecule has 4 nitrogen and oxygen atoms in total. The van der Waals surface area contributed by atoms with E-state index in [1.807, 2.05) is 19.1 Å². The summed E-state index contributed by atoms with van der Waals surface area (Å²) in [5.41, 5.74) is 2.39. The summed E-state index contributed by atoms with van der Waals surface area (Å²) in [6.45, 7) is 2.90. The van der Waals surface area contributed by atoms with Crippen molar-refractivity contribution in [2.45, 2.75) is 6.92 Å².